The molecule has 180 valence electrons. The van der Waals surface area contributed by atoms with Gasteiger partial charge < -0.3 is 0 Å². The van der Waals surface area contributed by atoms with Crippen LogP contribution in [0.5, 0.6) is 0 Å². The van der Waals surface area contributed by atoms with Crippen LogP contribution in [0.25, 0.3) is 0 Å². The lowest BCUT2D eigenvalue weighted by atomic mass is 9.77. The largest absolute Gasteiger partial charge is 0.416 e. The van der Waals surface area contributed by atoms with E-state index in [-0.39, 0.29) is 29.8 Å². The highest BCUT2D eigenvalue weighted by Gasteiger charge is 2.40. The quantitative estimate of drug-likeness (QED) is 0.292. The van der Waals surface area contributed by atoms with Gasteiger partial charge in [0.25, 0.3) is 0 Å². The van der Waals surface area contributed by atoms with Gasteiger partial charge in [-0.1, -0.05) is 71.6 Å². The fourth-order valence-electron chi connectivity index (χ4n) is 4.52. The van der Waals surface area contributed by atoms with Crippen molar-refractivity contribution in [2.24, 2.45) is 0 Å². The van der Waals surface area contributed by atoms with Gasteiger partial charge in [0.05, 0.1) is 5.56 Å². The summed E-state index contributed by atoms with van der Waals surface area (Å²) in [6.45, 7) is 0. The first-order valence-corrected chi connectivity index (χ1v) is 12.9. The molecule has 0 bridgehead atoms. The van der Waals surface area contributed by atoms with Gasteiger partial charge in [-0.2, -0.15) is 13.2 Å². The molecule has 0 fully saturated rings. The maximum Gasteiger partial charge on any atom is 0.416 e. The number of carbonyl (C=O) groups excluding carboxylic acids is 2. The summed E-state index contributed by atoms with van der Waals surface area (Å²) in [7, 11) is 0. The number of aromatic nitrogens is 2. The van der Waals surface area contributed by atoms with E-state index in [0.29, 0.717) is 45.6 Å². The summed E-state index contributed by atoms with van der Waals surface area (Å²) in [4.78, 5) is 27.7. The van der Waals surface area contributed by atoms with E-state index in [9.17, 15) is 22.8 Å². The van der Waals surface area contributed by atoms with E-state index in [4.69, 9.17) is 0 Å². The molecule has 1 aromatic heterocycles. The molecule has 5 rings (SSSR count). The Morgan fingerprint density at radius 3 is 2.60 bits per heavy atom. The number of Topliss-reactive ketones (excluding diaryl/α,β-unsaturated/α-hetero) is 1. The summed E-state index contributed by atoms with van der Waals surface area (Å²) in [5.74, 6) is -0.0702. The monoisotopic (exact) mass is 515 g/mol. The summed E-state index contributed by atoms with van der Waals surface area (Å²) in [6.07, 6.45) is -2.51. The third-order valence-corrected chi connectivity index (χ3v) is 8.19. The van der Waals surface area contributed by atoms with E-state index in [1.54, 1.807) is 6.07 Å². The number of amides is 1. The van der Waals surface area contributed by atoms with E-state index in [2.05, 4.69) is 10.2 Å². The molecule has 10 heteroatoms. The maximum absolute atomic E-state index is 13.3. The Bertz CT molecular complexity index is 1300. The predicted molar refractivity (Wildman–Crippen MR) is 128 cm³/mol. The Morgan fingerprint density at radius 2 is 1.83 bits per heavy atom. The van der Waals surface area contributed by atoms with Crippen LogP contribution >= 0.6 is 23.1 Å². The molecular weight excluding hydrogens is 495 g/mol. The third kappa shape index (κ3) is 4.90. The Hall–Kier alpha value is -2.98. The number of rotatable bonds is 5. The van der Waals surface area contributed by atoms with E-state index in [1.807, 2.05) is 30.3 Å². The molecule has 1 atom stereocenters. The average Bonchev–Trinajstić information content (AvgIpc) is 3.31. The predicted octanol–water partition coefficient (Wildman–Crippen LogP) is 6.38. The lowest BCUT2D eigenvalue weighted by Gasteiger charge is -2.36. The van der Waals surface area contributed by atoms with Crippen LogP contribution in [-0.2, 0) is 21.5 Å². The molecule has 2 aromatic carbocycles. The number of anilines is 1. The highest BCUT2D eigenvalue weighted by Crippen LogP contribution is 2.44. The van der Waals surface area contributed by atoms with Crippen molar-refractivity contribution >= 4 is 39.9 Å². The van der Waals surface area contributed by atoms with E-state index in [1.165, 1.54) is 34.1 Å². The first kappa shape index (κ1) is 23.7. The van der Waals surface area contributed by atoms with Crippen molar-refractivity contribution < 1.29 is 22.8 Å². The summed E-state index contributed by atoms with van der Waals surface area (Å²) in [5.41, 5.74) is 2.14. The molecule has 2 aliphatic rings. The van der Waals surface area contributed by atoms with Gasteiger partial charge >= 0.3 is 6.18 Å². The molecule has 0 saturated heterocycles. The molecule has 0 radical (unpaired) electrons. The number of ketones is 1. The molecule has 0 unspecified atom stereocenters. The van der Waals surface area contributed by atoms with Crippen molar-refractivity contribution in [2.45, 2.75) is 47.9 Å². The first-order chi connectivity index (χ1) is 16.8. The molecule has 35 heavy (non-hydrogen) atoms. The minimum atomic E-state index is -4.40. The molecule has 0 spiro atoms. The summed E-state index contributed by atoms with van der Waals surface area (Å²) >= 11 is 2.47. The molecule has 1 amide bonds. The lowest BCUT2D eigenvalue weighted by Crippen LogP contribution is -2.40. The van der Waals surface area contributed by atoms with Crippen LogP contribution in [0.4, 0.5) is 18.3 Å². The lowest BCUT2D eigenvalue weighted by molar-refractivity contribution is -0.137. The molecule has 1 aliphatic carbocycles. The number of nitrogens with zero attached hydrogens (tertiary/aromatic N) is 3. The van der Waals surface area contributed by atoms with Crippen molar-refractivity contribution in [1.29, 1.82) is 0 Å². The molecular formula is C25H20F3N3O2S2. The van der Waals surface area contributed by atoms with Crippen LogP contribution in [0, 0.1) is 0 Å². The fraction of sp³-hybridized carbons (Fsp3) is 0.280. The molecule has 1 aliphatic heterocycles. The second kappa shape index (κ2) is 9.58. The summed E-state index contributed by atoms with van der Waals surface area (Å²) < 4.78 is 39.5. The minimum absolute atomic E-state index is 0.0567. The van der Waals surface area contributed by atoms with Crippen molar-refractivity contribution in [2.75, 3.05) is 4.90 Å². The molecule has 5 nitrogen and oxygen atoms in total. The topological polar surface area (TPSA) is 63.2 Å². The van der Waals surface area contributed by atoms with Gasteiger partial charge in [0.15, 0.2) is 10.1 Å². The van der Waals surface area contributed by atoms with Crippen molar-refractivity contribution in [3.05, 3.63) is 82.6 Å². The zero-order chi connectivity index (χ0) is 24.6. The van der Waals surface area contributed by atoms with E-state index >= 15 is 0 Å². The number of hydrogen-bond donors (Lipinski definition) is 0. The number of benzene rings is 2. The van der Waals surface area contributed by atoms with Crippen LogP contribution in [0.1, 0.15) is 48.3 Å². The minimum Gasteiger partial charge on any atom is -0.294 e. The molecule has 2 heterocycles. The Balaban J connectivity index is 1.40. The van der Waals surface area contributed by atoms with Gasteiger partial charge in [0.1, 0.15) is 0 Å². The van der Waals surface area contributed by atoms with Crippen LogP contribution in [0.2, 0.25) is 0 Å². The standard InChI is InChI=1S/C25H20F3N3O2S2/c26-25(27,28)17-9-4-6-15(12-17)14-34-24-30-29-23(35-24)31-19-10-5-11-20(32)22(19)18(13-21(31)33)16-7-2-1-3-8-16/h1-4,6-9,12,18H,5,10-11,13-14H2/t18-/m0/s1. The van der Waals surface area contributed by atoms with Gasteiger partial charge in [-0.25, -0.2) is 0 Å². The van der Waals surface area contributed by atoms with Crippen molar-refractivity contribution in [3.8, 4) is 0 Å². The van der Waals surface area contributed by atoms with Gasteiger partial charge in [-0.05, 0) is 30.0 Å². The Labute approximate surface area is 208 Å². The van der Waals surface area contributed by atoms with Crippen LogP contribution in [-0.4, -0.2) is 21.9 Å². The number of thioether (sulfide) groups is 1. The second-order valence-corrected chi connectivity index (χ2v) is 10.5. The molecule has 3 aromatic rings. The van der Waals surface area contributed by atoms with Crippen molar-refractivity contribution in [1.82, 2.24) is 10.2 Å². The van der Waals surface area contributed by atoms with Crippen LogP contribution in [0.15, 0.2) is 70.2 Å². The summed E-state index contributed by atoms with van der Waals surface area (Å²) in [6, 6.07) is 14.8. The molecule has 0 saturated carbocycles. The highest BCUT2D eigenvalue weighted by atomic mass is 32.2. The average molecular weight is 516 g/mol. The zero-order valence-corrected chi connectivity index (χ0v) is 20.1. The van der Waals surface area contributed by atoms with Gasteiger partial charge in [0, 0.05) is 35.8 Å². The smallest absolute Gasteiger partial charge is 0.294 e. The van der Waals surface area contributed by atoms with Crippen molar-refractivity contribution in [3.63, 3.8) is 0 Å². The van der Waals surface area contributed by atoms with Gasteiger partial charge in [0.2, 0.25) is 11.0 Å². The van der Waals surface area contributed by atoms with Crippen LogP contribution in [0.3, 0.4) is 0 Å². The number of hydrogen-bond acceptors (Lipinski definition) is 6. The Kier molecular flexibility index (Phi) is 6.50. The highest BCUT2D eigenvalue weighted by molar-refractivity contribution is 8.00. The SMILES string of the molecule is O=C1CCCC2=C1[C@H](c1ccccc1)CC(=O)N2c1nnc(SCc2cccc(C(F)(F)F)c2)s1. The maximum atomic E-state index is 13.3. The number of carbonyl (C=O) groups is 2. The first-order valence-electron chi connectivity index (χ1n) is 11.1. The normalized spacial score (nSPS) is 18.7. The van der Waals surface area contributed by atoms with E-state index < -0.39 is 11.7 Å². The molecule has 0 N–H and O–H groups in total. The zero-order valence-electron chi connectivity index (χ0n) is 18.4. The fourth-order valence-corrected chi connectivity index (χ4v) is 6.35. The number of alkyl halides is 3. The number of allylic oxidation sites excluding steroid dienone is 2. The summed E-state index contributed by atoms with van der Waals surface area (Å²) in [5, 5.41) is 8.74. The van der Waals surface area contributed by atoms with Gasteiger partial charge in [-0.3, -0.25) is 14.5 Å². The van der Waals surface area contributed by atoms with Gasteiger partial charge in [-0.15, -0.1) is 10.2 Å². The Morgan fingerprint density at radius 1 is 1.03 bits per heavy atom. The number of halogens is 3. The van der Waals surface area contributed by atoms with E-state index in [0.717, 1.165) is 17.7 Å². The third-order valence-electron chi connectivity index (χ3n) is 6.08. The second-order valence-electron chi connectivity index (χ2n) is 8.37. The van der Waals surface area contributed by atoms with Crippen LogP contribution < -0.4 is 4.90 Å².